The quantitative estimate of drug-likeness (QED) is 0.683. The first kappa shape index (κ1) is 19.2. The van der Waals surface area contributed by atoms with Crippen LogP contribution < -0.4 is 4.74 Å². The molecule has 0 amide bonds. The van der Waals surface area contributed by atoms with Crippen molar-refractivity contribution in [3.8, 4) is 5.75 Å². The van der Waals surface area contributed by atoms with Crippen molar-refractivity contribution in [1.82, 2.24) is 0 Å². The lowest BCUT2D eigenvalue weighted by Crippen LogP contribution is -2.38. The summed E-state index contributed by atoms with van der Waals surface area (Å²) in [7, 11) is 0. The van der Waals surface area contributed by atoms with Gasteiger partial charge in [0, 0.05) is 12.5 Å². The van der Waals surface area contributed by atoms with E-state index in [1.807, 2.05) is 60.8 Å². The van der Waals surface area contributed by atoms with E-state index in [-0.39, 0.29) is 10.6 Å². The van der Waals surface area contributed by atoms with E-state index in [2.05, 4.69) is 4.99 Å². The second-order valence-corrected chi connectivity index (χ2v) is 8.47. The Morgan fingerprint density at radius 2 is 1.93 bits per heavy atom. The molecule has 3 aliphatic rings. The van der Waals surface area contributed by atoms with Gasteiger partial charge in [0.2, 0.25) is 5.70 Å². The fourth-order valence-corrected chi connectivity index (χ4v) is 4.51. The number of aliphatic hydroxyl groups is 1. The third-order valence-electron chi connectivity index (χ3n) is 5.92. The maximum atomic E-state index is 9.39. The van der Waals surface area contributed by atoms with E-state index < -0.39 is 0 Å². The van der Waals surface area contributed by atoms with E-state index >= 15 is 0 Å². The van der Waals surface area contributed by atoms with Crippen molar-refractivity contribution in [2.45, 2.75) is 19.4 Å². The number of rotatable bonds is 6. The Morgan fingerprint density at radius 3 is 2.73 bits per heavy atom. The van der Waals surface area contributed by atoms with E-state index in [0.29, 0.717) is 18.4 Å². The van der Waals surface area contributed by atoms with E-state index in [1.165, 1.54) is 0 Å². The summed E-state index contributed by atoms with van der Waals surface area (Å²) in [6, 6.07) is 18.0. The maximum Gasteiger partial charge on any atom is 0.263 e. The zero-order chi connectivity index (χ0) is 20.6. The van der Waals surface area contributed by atoms with Crippen LogP contribution in [0.4, 0.5) is 0 Å². The molecule has 0 radical (unpaired) electrons. The van der Waals surface area contributed by atoms with Gasteiger partial charge in [0.1, 0.15) is 24.3 Å². The topological polar surface area (TPSA) is 54.2 Å². The average molecular weight is 421 g/mol. The monoisotopic (exact) mass is 420 g/mol. The molecule has 2 aliphatic heterocycles. The summed E-state index contributed by atoms with van der Waals surface area (Å²) in [5, 5.41) is 9.39. The zero-order valence-corrected chi connectivity index (χ0v) is 17.2. The fraction of sp³-hybridized carbons (Fsp3) is 0.250. The Hall–Kier alpha value is -2.73. The molecule has 30 heavy (non-hydrogen) atoms. The minimum absolute atomic E-state index is 0.0126. The van der Waals surface area contributed by atoms with Crippen LogP contribution in [-0.2, 0) is 6.61 Å². The highest BCUT2D eigenvalue weighted by atomic mass is 35.5. The molecule has 0 saturated heterocycles. The number of hydrogen-bond acceptors (Lipinski definition) is 4. The lowest BCUT2D eigenvalue weighted by atomic mass is 9.73. The van der Waals surface area contributed by atoms with Gasteiger partial charge in [-0.3, -0.25) is 4.99 Å². The third-order valence-corrected chi connectivity index (χ3v) is 6.38. The zero-order valence-electron chi connectivity index (χ0n) is 16.5. The van der Waals surface area contributed by atoms with Gasteiger partial charge in [-0.25, -0.2) is 0 Å². The van der Waals surface area contributed by atoms with Gasteiger partial charge >= 0.3 is 0 Å². The molecule has 1 N–H and O–H groups in total. The van der Waals surface area contributed by atoms with Crippen molar-refractivity contribution in [1.29, 1.82) is 0 Å². The number of hydrogen-bond donors (Lipinski definition) is 1. The van der Waals surface area contributed by atoms with Gasteiger partial charge in [-0.1, -0.05) is 36.4 Å². The first-order valence-electron chi connectivity index (χ1n) is 10.2. The molecule has 1 aliphatic carbocycles. The molecule has 2 aromatic carbocycles. The predicted molar refractivity (Wildman–Crippen MR) is 118 cm³/mol. The Kier molecular flexibility index (Phi) is 5.03. The lowest BCUT2D eigenvalue weighted by Gasteiger charge is -2.33. The molecule has 1 atom stereocenters. The Bertz CT molecular complexity index is 1070. The van der Waals surface area contributed by atoms with Crippen molar-refractivity contribution in [2.75, 3.05) is 6.61 Å². The van der Waals surface area contributed by atoms with Crippen LogP contribution in [0.25, 0.3) is 0 Å². The summed E-state index contributed by atoms with van der Waals surface area (Å²) in [5.74, 6) is 2.18. The van der Waals surface area contributed by atoms with E-state index in [1.54, 1.807) is 12.4 Å². The molecule has 1 saturated carbocycles. The van der Waals surface area contributed by atoms with Gasteiger partial charge in [-0.2, -0.15) is 4.99 Å². The molecule has 152 valence electrons. The number of amidine groups is 1. The molecular formula is C24H23ClN3O2+. The number of aliphatic hydroxyl groups excluding tert-OH is 1. The molecule has 0 spiro atoms. The van der Waals surface area contributed by atoms with Gasteiger partial charge in [0.25, 0.3) is 5.84 Å². The van der Waals surface area contributed by atoms with Crippen molar-refractivity contribution in [2.24, 2.45) is 21.8 Å². The average Bonchev–Trinajstić information content (AvgIpc) is 3.05. The second kappa shape index (κ2) is 7.84. The summed E-state index contributed by atoms with van der Waals surface area (Å²) >= 11 is 7.07. The highest BCUT2D eigenvalue weighted by Crippen LogP contribution is 2.47. The fourth-order valence-electron chi connectivity index (χ4n) is 4.20. The minimum atomic E-state index is -0.0126. The smallest absolute Gasteiger partial charge is 0.263 e. The van der Waals surface area contributed by atoms with Crippen molar-refractivity contribution in [3.05, 3.63) is 89.5 Å². The molecule has 1 unspecified atom stereocenters. The van der Waals surface area contributed by atoms with E-state index in [9.17, 15) is 5.11 Å². The van der Waals surface area contributed by atoms with Gasteiger partial charge in [-0.15, -0.1) is 4.00 Å². The second-order valence-electron chi connectivity index (χ2n) is 7.94. The van der Waals surface area contributed by atoms with Crippen molar-refractivity contribution >= 4 is 23.8 Å². The van der Waals surface area contributed by atoms with Crippen LogP contribution in [0.15, 0.2) is 88.4 Å². The summed E-state index contributed by atoms with van der Waals surface area (Å²) in [6.07, 6.45) is 7.23. The summed E-state index contributed by atoms with van der Waals surface area (Å²) in [6.45, 7) is 0.731. The van der Waals surface area contributed by atoms with Crippen LogP contribution in [0.3, 0.4) is 0 Å². The van der Waals surface area contributed by atoms with Crippen molar-refractivity contribution < 1.29 is 13.8 Å². The summed E-state index contributed by atoms with van der Waals surface area (Å²) in [4.78, 5) is 9.27. The first-order valence-corrected chi connectivity index (χ1v) is 10.5. The van der Waals surface area contributed by atoms with Crippen molar-refractivity contribution in [3.63, 3.8) is 0 Å². The summed E-state index contributed by atoms with van der Waals surface area (Å²) < 4.78 is 5.99. The van der Waals surface area contributed by atoms with Crippen LogP contribution in [0.5, 0.6) is 5.75 Å². The number of benzene rings is 2. The highest BCUT2D eigenvalue weighted by Gasteiger charge is 2.49. The number of allylic oxidation sites excluding steroid dienone is 2. The SMILES string of the molecule is OCC1CC(C2=C3C=NC=C[N+]3(Cl)C(c3cccc(OCc4ccccc4)c3)=N2)C1. The Labute approximate surface area is 181 Å². The third kappa shape index (κ3) is 3.39. The van der Waals surface area contributed by atoms with Crippen LogP contribution in [-0.4, -0.2) is 27.8 Å². The molecule has 5 rings (SSSR count). The van der Waals surface area contributed by atoms with Gasteiger partial charge in [0.15, 0.2) is 11.8 Å². The normalized spacial score (nSPS) is 26.9. The molecule has 2 aromatic rings. The standard InChI is InChI=1S/C24H23ClN3O2/c25-28-10-9-26-14-22(28)23(20-11-18(12-20)15-29)27-24(28)19-7-4-8-21(13-19)30-16-17-5-2-1-3-6-17/h1-10,13-14,18,20,29H,11-12,15-16H2/q+1. The van der Waals surface area contributed by atoms with Gasteiger partial charge in [0.05, 0.1) is 18.0 Å². The Balaban J connectivity index is 1.42. The van der Waals surface area contributed by atoms with Crippen LogP contribution in [0.2, 0.25) is 0 Å². The number of halogens is 1. The van der Waals surface area contributed by atoms with Gasteiger partial charge in [-0.05, 0) is 42.5 Å². The minimum Gasteiger partial charge on any atom is -0.489 e. The Morgan fingerprint density at radius 1 is 1.10 bits per heavy atom. The largest absolute Gasteiger partial charge is 0.489 e. The number of quaternary nitrogens is 1. The number of nitrogens with zero attached hydrogens (tertiary/aromatic N) is 3. The highest BCUT2D eigenvalue weighted by molar-refractivity contribution is 6.20. The molecule has 5 nitrogen and oxygen atoms in total. The molecule has 0 aromatic heterocycles. The van der Waals surface area contributed by atoms with Gasteiger partial charge < -0.3 is 9.84 Å². The van der Waals surface area contributed by atoms with E-state index in [4.69, 9.17) is 21.5 Å². The van der Waals surface area contributed by atoms with Crippen LogP contribution in [0, 0.1) is 11.8 Å². The molecular weight excluding hydrogens is 398 g/mol. The predicted octanol–water partition coefficient (Wildman–Crippen LogP) is 4.78. The first-order chi connectivity index (χ1) is 14.7. The summed E-state index contributed by atoms with van der Waals surface area (Å²) in [5.41, 5.74) is 3.91. The molecule has 0 bridgehead atoms. The number of aliphatic imine (C=N–C) groups is 2. The molecule has 2 heterocycles. The molecule has 1 fully saturated rings. The number of ether oxygens (including phenoxy) is 1. The van der Waals surface area contributed by atoms with E-state index in [0.717, 1.165) is 46.9 Å². The lowest BCUT2D eigenvalue weighted by molar-refractivity contribution is -0.600. The maximum absolute atomic E-state index is 9.39. The number of fused-ring (bicyclic) bond motifs is 1. The van der Waals surface area contributed by atoms with Crippen LogP contribution in [0.1, 0.15) is 24.0 Å². The van der Waals surface area contributed by atoms with Crippen LogP contribution >= 0.6 is 11.8 Å². The molecule has 6 heteroatoms.